The number of hydrogen-bond acceptors (Lipinski definition) is 0. The molecular formula is C8H5BrClF3. The van der Waals surface area contributed by atoms with Gasteiger partial charge >= 0.3 is 6.18 Å². The monoisotopic (exact) mass is 272 g/mol. The van der Waals surface area contributed by atoms with Crippen LogP contribution in [0, 0.1) is 0 Å². The molecule has 5 heteroatoms. The molecule has 72 valence electrons. The Morgan fingerprint density at radius 1 is 1.23 bits per heavy atom. The Hall–Kier alpha value is -0.220. The molecule has 1 atom stereocenters. The third kappa shape index (κ3) is 2.61. The van der Waals surface area contributed by atoms with Crippen LogP contribution in [0.15, 0.2) is 24.3 Å². The summed E-state index contributed by atoms with van der Waals surface area (Å²) in [6, 6.07) is 5.87. The van der Waals surface area contributed by atoms with Crippen LogP contribution in [0.1, 0.15) is 10.4 Å². The number of rotatable bonds is 1. The van der Waals surface area contributed by atoms with Crippen LogP contribution < -0.4 is 0 Å². The van der Waals surface area contributed by atoms with Gasteiger partial charge in [-0.1, -0.05) is 45.7 Å². The molecule has 0 nitrogen and oxygen atoms in total. The maximum absolute atomic E-state index is 12.2. The Bertz CT molecular complexity index is 298. The number of halogens is 5. The van der Waals surface area contributed by atoms with E-state index in [-0.39, 0.29) is 10.6 Å². The quantitative estimate of drug-likeness (QED) is 0.668. The molecule has 0 saturated carbocycles. The first-order valence-electron chi connectivity index (χ1n) is 3.38. The molecule has 0 saturated heterocycles. The summed E-state index contributed by atoms with van der Waals surface area (Å²) in [5, 5.41) is 0.113. The van der Waals surface area contributed by atoms with Crippen molar-refractivity contribution in [1.82, 2.24) is 0 Å². The Morgan fingerprint density at radius 3 is 2.23 bits per heavy atom. The predicted molar refractivity (Wildman–Crippen MR) is 49.2 cm³/mol. The Morgan fingerprint density at radius 2 is 1.77 bits per heavy atom. The standard InChI is InChI=1S/C8H5BrClF3/c9-7(8(11,12)13)5-3-1-2-4-6(5)10/h1-4,7H. The Labute approximate surface area is 86.8 Å². The normalized spacial score (nSPS) is 14.2. The van der Waals surface area contributed by atoms with Gasteiger partial charge in [0.2, 0.25) is 0 Å². The molecule has 13 heavy (non-hydrogen) atoms. The molecule has 0 radical (unpaired) electrons. The lowest BCUT2D eigenvalue weighted by atomic mass is 10.1. The van der Waals surface area contributed by atoms with Crippen LogP contribution in [-0.2, 0) is 0 Å². The highest BCUT2D eigenvalue weighted by atomic mass is 79.9. The average molecular weight is 273 g/mol. The van der Waals surface area contributed by atoms with Gasteiger partial charge in [-0.3, -0.25) is 0 Å². The fourth-order valence-electron chi connectivity index (χ4n) is 0.857. The summed E-state index contributed by atoms with van der Waals surface area (Å²) < 4.78 is 36.6. The van der Waals surface area contributed by atoms with E-state index in [4.69, 9.17) is 11.6 Å². The molecule has 0 heterocycles. The van der Waals surface area contributed by atoms with E-state index < -0.39 is 11.0 Å². The third-order valence-electron chi connectivity index (χ3n) is 1.47. The molecule has 0 aliphatic carbocycles. The van der Waals surface area contributed by atoms with Gasteiger partial charge in [-0.05, 0) is 11.6 Å². The van der Waals surface area contributed by atoms with Gasteiger partial charge in [0.25, 0.3) is 0 Å². The second-order valence-electron chi connectivity index (χ2n) is 2.43. The van der Waals surface area contributed by atoms with Gasteiger partial charge in [0.1, 0.15) is 4.83 Å². The first-order valence-corrected chi connectivity index (χ1v) is 4.67. The lowest BCUT2D eigenvalue weighted by Crippen LogP contribution is -2.15. The van der Waals surface area contributed by atoms with E-state index >= 15 is 0 Å². The number of alkyl halides is 4. The smallest absolute Gasteiger partial charge is 0.169 e. The third-order valence-corrected chi connectivity index (χ3v) is 2.82. The van der Waals surface area contributed by atoms with Crippen LogP contribution in [0.4, 0.5) is 13.2 Å². The molecule has 0 aromatic heterocycles. The number of hydrogen-bond donors (Lipinski definition) is 0. The van der Waals surface area contributed by atoms with Crippen LogP contribution >= 0.6 is 27.5 Å². The zero-order valence-electron chi connectivity index (χ0n) is 6.28. The fourth-order valence-corrected chi connectivity index (χ4v) is 1.63. The van der Waals surface area contributed by atoms with Crippen molar-refractivity contribution in [2.45, 2.75) is 11.0 Å². The van der Waals surface area contributed by atoms with Gasteiger partial charge in [0.05, 0.1) is 0 Å². The van der Waals surface area contributed by atoms with Crippen LogP contribution in [-0.4, -0.2) is 6.18 Å². The SMILES string of the molecule is FC(F)(F)C(Br)c1ccccc1Cl. The second kappa shape index (κ2) is 3.88. The van der Waals surface area contributed by atoms with E-state index in [9.17, 15) is 13.2 Å². The molecule has 0 aliphatic rings. The zero-order chi connectivity index (χ0) is 10.1. The second-order valence-corrected chi connectivity index (χ2v) is 3.75. The van der Waals surface area contributed by atoms with E-state index in [0.29, 0.717) is 0 Å². The summed E-state index contributed by atoms with van der Waals surface area (Å²) in [4.78, 5) is -1.70. The maximum atomic E-state index is 12.2. The summed E-state index contributed by atoms with van der Waals surface area (Å²) in [5.74, 6) is 0. The van der Waals surface area contributed by atoms with E-state index in [1.54, 1.807) is 6.07 Å². The topological polar surface area (TPSA) is 0 Å². The highest BCUT2D eigenvalue weighted by molar-refractivity contribution is 9.09. The molecule has 1 unspecified atom stereocenters. The predicted octanol–water partition coefficient (Wildman–Crippen LogP) is 4.34. The summed E-state index contributed by atoms with van der Waals surface area (Å²) in [6.45, 7) is 0. The van der Waals surface area contributed by atoms with Gasteiger partial charge in [-0.25, -0.2) is 0 Å². The maximum Gasteiger partial charge on any atom is 0.405 e. The van der Waals surface area contributed by atoms with Crippen molar-refractivity contribution in [3.8, 4) is 0 Å². The van der Waals surface area contributed by atoms with E-state index in [0.717, 1.165) is 0 Å². The zero-order valence-corrected chi connectivity index (χ0v) is 8.62. The lowest BCUT2D eigenvalue weighted by molar-refractivity contribution is -0.128. The molecule has 0 bridgehead atoms. The Kier molecular flexibility index (Phi) is 3.24. The lowest BCUT2D eigenvalue weighted by Gasteiger charge is -2.15. The van der Waals surface area contributed by atoms with E-state index in [2.05, 4.69) is 15.9 Å². The summed E-state index contributed by atoms with van der Waals surface area (Å²) >= 11 is 8.14. The van der Waals surface area contributed by atoms with E-state index in [1.165, 1.54) is 18.2 Å². The first kappa shape index (κ1) is 10.9. The highest BCUT2D eigenvalue weighted by Gasteiger charge is 2.39. The molecule has 1 rings (SSSR count). The van der Waals surface area contributed by atoms with Crippen LogP contribution in [0.25, 0.3) is 0 Å². The summed E-state index contributed by atoms with van der Waals surface area (Å²) in [6.07, 6.45) is -4.31. The molecule has 0 amide bonds. The van der Waals surface area contributed by atoms with Crippen LogP contribution in [0.3, 0.4) is 0 Å². The van der Waals surface area contributed by atoms with Crippen molar-refractivity contribution in [1.29, 1.82) is 0 Å². The molecular weight excluding hydrogens is 268 g/mol. The van der Waals surface area contributed by atoms with Crippen LogP contribution in [0.5, 0.6) is 0 Å². The first-order chi connectivity index (χ1) is 5.93. The van der Waals surface area contributed by atoms with E-state index in [1.807, 2.05) is 0 Å². The molecule has 1 aromatic rings. The Balaban J connectivity index is 3.02. The minimum Gasteiger partial charge on any atom is -0.169 e. The molecule has 1 aromatic carbocycles. The molecule has 0 N–H and O–H groups in total. The molecule has 0 fully saturated rings. The van der Waals surface area contributed by atoms with Gasteiger partial charge in [-0.2, -0.15) is 13.2 Å². The van der Waals surface area contributed by atoms with Gasteiger partial charge < -0.3 is 0 Å². The van der Waals surface area contributed by atoms with Crippen molar-refractivity contribution in [3.63, 3.8) is 0 Å². The molecule has 0 spiro atoms. The number of benzene rings is 1. The van der Waals surface area contributed by atoms with Crippen molar-refractivity contribution in [3.05, 3.63) is 34.9 Å². The average Bonchev–Trinajstić information content (AvgIpc) is 2.02. The largest absolute Gasteiger partial charge is 0.405 e. The van der Waals surface area contributed by atoms with Crippen molar-refractivity contribution in [2.75, 3.05) is 0 Å². The minimum absolute atomic E-state index is 0.0386. The van der Waals surface area contributed by atoms with Crippen molar-refractivity contribution >= 4 is 27.5 Å². The van der Waals surface area contributed by atoms with Crippen molar-refractivity contribution in [2.24, 2.45) is 0 Å². The van der Waals surface area contributed by atoms with Crippen LogP contribution in [0.2, 0.25) is 5.02 Å². The molecule has 0 aliphatic heterocycles. The minimum atomic E-state index is -4.31. The van der Waals surface area contributed by atoms with Crippen molar-refractivity contribution < 1.29 is 13.2 Å². The highest BCUT2D eigenvalue weighted by Crippen LogP contribution is 2.41. The van der Waals surface area contributed by atoms with Gasteiger partial charge in [0.15, 0.2) is 0 Å². The van der Waals surface area contributed by atoms with Gasteiger partial charge in [-0.15, -0.1) is 0 Å². The summed E-state index contributed by atoms with van der Waals surface area (Å²) in [5.41, 5.74) is 0.0386. The van der Waals surface area contributed by atoms with Gasteiger partial charge in [0, 0.05) is 5.02 Å². The fraction of sp³-hybridized carbons (Fsp3) is 0.250. The summed E-state index contributed by atoms with van der Waals surface area (Å²) in [7, 11) is 0.